The molecule has 1 aromatic rings. The Morgan fingerprint density at radius 1 is 0.952 bits per heavy atom. The molecule has 0 aliphatic carbocycles. The van der Waals surface area contributed by atoms with Crippen LogP contribution in [0.5, 0.6) is 0 Å². The molecule has 21 heavy (non-hydrogen) atoms. The lowest BCUT2D eigenvalue weighted by atomic mass is 10.2. The van der Waals surface area contributed by atoms with Crippen LogP contribution in [0, 0.1) is 0 Å². The Labute approximate surface area is 131 Å². The molecule has 4 nitrogen and oxygen atoms in total. The van der Waals surface area contributed by atoms with Gasteiger partial charge in [0.05, 0.1) is 0 Å². The van der Waals surface area contributed by atoms with Gasteiger partial charge in [-0.2, -0.15) is 0 Å². The third kappa shape index (κ3) is 8.48. The van der Waals surface area contributed by atoms with Gasteiger partial charge in [-0.3, -0.25) is 0 Å². The van der Waals surface area contributed by atoms with E-state index in [4.69, 9.17) is 13.2 Å². The summed E-state index contributed by atoms with van der Waals surface area (Å²) in [5.41, 5.74) is 0.584. The number of hydrogen-bond donors (Lipinski definition) is 0. The van der Waals surface area contributed by atoms with Crippen molar-refractivity contribution < 1.29 is 18.0 Å². The van der Waals surface area contributed by atoms with Crippen molar-refractivity contribution in [3.63, 3.8) is 0 Å². The highest BCUT2D eigenvalue weighted by Crippen LogP contribution is 2.46. The first-order chi connectivity index (χ1) is 9.57. The molecule has 118 valence electrons. The summed E-state index contributed by atoms with van der Waals surface area (Å²) in [6, 6.07) is 9.62. The SMILES string of the molecule is C[Si](C)(C)OP(O[Si](C)(C)C)C(=O)OCc1ccccc1. The Kier molecular flexibility index (Phi) is 6.75. The maximum absolute atomic E-state index is 12.3. The predicted octanol–water partition coefficient (Wildman–Crippen LogP) is 5.34. The molecular weight excluding hydrogens is 319 g/mol. The fourth-order valence-electron chi connectivity index (χ4n) is 1.36. The van der Waals surface area contributed by atoms with Crippen LogP contribution in [0.1, 0.15) is 5.56 Å². The Bertz CT molecular complexity index is 438. The van der Waals surface area contributed by atoms with Gasteiger partial charge in [-0.05, 0) is 44.8 Å². The molecule has 7 heteroatoms. The minimum absolute atomic E-state index is 0.253. The first kappa shape index (κ1) is 18.5. The highest BCUT2D eigenvalue weighted by molar-refractivity contribution is 7.67. The summed E-state index contributed by atoms with van der Waals surface area (Å²) in [5, 5.41) is 0. The Morgan fingerprint density at radius 2 is 1.43 bits per heavy atom. The summed E-state index contributed by atoms with van der Waals surface area (Å²) in [4.78, 5) is 12.3. The molecule has 1 rings (SSSR count). The average Bonchev–Trinajstić information content (AvgIpc) is 2.33. The standard InChI is InChI=1S/C14H25O4PSi2/c1-20(2,3)17-19(18-21(4,5)6)14(15)16-12-13-10-8-7-9-11-13/h7-11H,12H2,1-6H3. The summed E-state index contributed by atoms with van der Waals surface area (Å²) < 4.78 is 17.2. The van der Waals surface area contributed by atoms with Crippen molar-refractivity contribution in [2.75, 3.05) is 0 Å². The van der Waals surface area contributed by atoms with E-state index in [2.05, 4.69) is 0 Å². The van der Waals surface area contributed by atoms with Gasteiger partial charge >= 0.3 is 5.71 Å². The lowest BCUT2D eigenvalue weighted by Crippen LogP contribution is -2.30. The molecule has 0 saturated carbocycles. The van der Waals surface area contributed by atoms with Crippen molar-refractivity contribution in [2.45, 2.75) is 45.9 Å². The predicted molar refractivity (Wildman–Crippen MR) is 92.4 cm³/mol. The van der Waals surface area contributed by atoms with E-state index < -0.39 is 25.0 Å². The van der Waals surface area contributed by atoms with Crippen LogP contribution in [-0.4, -0.2) is 22.3 Å². The minimum atomic E-state index is -1.87. The third-order valence-corrected chi connectivity index (χ3v) is 8.20. The molecule has 0 amide bonds. The number of ether oxygens (including phenoxy) is 1. The summed E-state index contributed by atoms with van der Waals surface area (Å²) in [6.07, 6.45) is 0. The van der Waals surface area contributed by atoms with Gasteiger partial charge in [0.2, 0.25) is 0 Å². The van der Waals surface area contributed by atoms with Crippen LogP contribution in [-0.2, 0) is 19.8 Å². The molecule has 0 heterocycles. The quantitative estimate of drug-likeness (QED) is 0.495. The molecule has 0 bridgehead atoms. The van der Waals surface area contributed by atoms with Crippen molar-refractivity contribution in [3.05, 3.63) is 35.9 Å². The molecule has 0 radical (unpaired) electrons. The Morgan fingerprint density at radius 3 is 1.86 bits per heavy atom. The van der Waals surface area contributed by atoms with Gasteiger partial charge in [-0.15, -0.1) is 0 Å². The molecule has 0 aliphatic rings. The van der Waals surface area contributed by atoms with E-state index in [1.807, 2.05) is 69.6 Å². The zero-order chi connectivity index (χ0) is 16.1. The molecule has 0 unspecified atom stereocenters. The second kappa shape index (κ2) is 7.65. The molecular formula is C14H25O4PSi2. The van der Waals surface area contributed by atoms with Gasteiger partial charge < -0.3 is 13.2 Å². The normalized spacial score (nSPS) is 12.5. The van der Waals surface area contributed by atoms with Crippen molar-refractivity contribution in [1.29, 1.82) is 0 Å². The van der Waals surface area contributed by atoms with Gasteiger partial charge in [-0.25, -0.2) is 4.79 Å². The Balaban J connectivity index is 2.66. The van der Waals surface area contributed by atoms with Crippen LogP contribution in [0.15, 0.2) is 30.3 Å². The molecule has 0 spiro atoms. The third-order valence-electron chi connectivity index (χ3n) is 2.07. The van der Waals surface area contributed by atoms with E-state index in [0.29, 0.717) is 0 Å². The van der Waals surface area contributed by atoms with Gasteiger partial charge in [-0.1, -0.05) is 30.3 Å². The molecule has 0 aliphatic heterocycles. The lowest BCUT2D eigenvalue weighted by molar-refractivity contribution is 0.162. The van der Waals surface area contributed by atoms with Gasteiger partial charge in [0.15, 0.2) is 16.6 Å². The molecule has 0 fully saturated rings. The van der Waals surface area contributed by atoms with E-state index in [1.165, 1.54) is 0 Å². The number of benzene rings is 1. The number of rotatable bonds is 7. The number of carbonyl (C=O) groups is 1. The van der Waals surface area contributed by atoms with Crippen LogP contribution >= 0.6 is 8.38 Å². The molecule has 1 aromatic carbocycles. The van der Waals surface area contributed by atoms with Gasteiger partial charge in [0.1, 0.15) is 6.61 Å². The van der Waals surface area contributed by atoms with E-state index in [0.717, 1.165) is 5.56 Å². The van der Waals surface area contributed by atoms with Crippen LogP contribution < -0.4 is 0 Å². The molecule has 0 aromatic heterocycles. The smallest absolute Gasteiger partial charge is 0.382 e. The fraction of sp³-hybridized carbons (Fsp3) is 0.500. The first-order valence-electron chi connectivity index (χ1n) is 6.96. The second-order valence-corrected chi connectivity index (χ2v) is 17.5. The monoisotopic (exact) mass is 344 g/mol. The van der Waals surface area contributed by atoms with Crippen LogP contribution in [0.3, 0.4) is 0 Å². The maximum atomic E-state index is 12.3. The number of carbonyl (C=O) groups excluding carboxylic acids is 1. The molecule has 0 atom stereocenters. The zero-order valence-electron chi connectivity index (χ0n) is 13.7. The lowest BCUT2D eigenvalue weighted by Gasteiger charge is -2.28. The number of hydrogen-bond acceptors (Lipinski definition) is 4. The zero-order valence-corrected chi connectivity index (χ0v) is 16.6. The fourth-order valence-corrected chi connectivity index (χ4v) is 6.59. The summed E-state index contributed by atoms with van der Waals surface area (Å²) in [7, 11) is -5.36. The van der Waals surface area contributed by atoms with E-state index in [1.54, 1.807) is 0 Å². The Hall–Kier alpha value is -0.526. The van der Waals surface area contributed by atoms with Crippen LogP contribution in [0.25, 0.3) is 0 Å². The minimum Gasteiger partial charge on any atom is -0.454 e. The second-order valence-electron chi connectivity index (χ2n) is 6.70. The van der Waals surface area contributed by atoms with E-state index in [9.17, 15) is 4.79 Å². The largest absolute Gasteiger partial charge is 0.454 e. The van der Waals surface area contributed by atoms with Crippen molar-refractivity contribution in [2.24, 2.45) is 0 Å². The topological polar surface area (TPSA) is 44.8 Å². The van der Waals surface area contributed by atoms with Crippen LogP contribution in [0.4, 0.5) is 4.79 Å². The molecule has 0 saturated heterocycles. The van der Waals surface area contributed by atoms with Crippen molar-refractivity contribution in [3.8, 4) is 0 Å². The summed E-state index contributed by atoms with van der Waals surface area (Å²) in [5.74, 6) is 0. The highest BCUT2D eigenvalue weighted by atomic mass is 31.2. The van der Waals surface area contributed by atoms with Crippen molar-refractivity contribution >= 4 is 30.7 Å². The summed E-state index contributed by atoms with van der Waals surface area (Å²) in [6.45, 7) is 12.5. The van der Waals surface area contributed by atoms with Gasteiger partial charge in [0, 0.05) is 0 Å². The highest BCUT2D eigenvalue weighted by Gasteiger charge is 2.34. The van der Waals surface area contributed by atoms with Gasteiger partial charge in [0.25, 0.3) is 8.38 Å². The average molecular weight is 344 g/mol. The van der Waals surface area contributed by atoms with E-state index in [-0.39, 0.29) is 12.3 Å². The van der Waals surface area contributed by atoms with Crippen LogP contribution in [0.2, 0.25) is 39.3 Å². The maximum Gasteiger partial charge on any atom is 0.382 e. The summed E-state index contributed by atoms with van der Waals surface area (Å²) >= 11 is 0. The van der Waals surface area contributed by atoms with E-state index >= 15 is 0 Å². The first-order valence-corrected chi connectivity index (χ1v) is 15.0. The van der Waals surface area contributed by atoms with Crippen molar-refractivity contribution in [1.82, 2.24) is 0 Å². The molecule has 0 N–H and O–H groups in total.